The van der Waals surface area contributed by atoms with E-state index in [2.05, 4.69) is 11.1 Å². The number of nitrogens with two attached hydrogens (primary N) is 1. The first-order chi connectivity index (χ1) is 7.81. The monoisotopic (exact) mass is 238 g/mol. The van der Waals surface area contributed by atoms with Gasteiger partial charge in [0.2, 0.25) is 0 Å². The average molecular weight is 239 g/mol. The van der Waals surface area contributed by atoms with E-state index < -0.39 is 0 Å². The molecule has 0 aliphatic heterocycles. The predicted octanol–water partition coefficient (Wildman–Crippen LogP) is 3.63. The molecule has 1 aliphatic rings. The highest BCUT2D eigenvalue weighted by atomic mass is 35.5. The Morgan fingerprint density at radius 1 is 1.19 bits per heavy atom. The SMILES string of the molecule is NCc1ccc(C2CCCCCC2)nc1Cl. The van der Waals surface area contributed by atoms with Gasteiger partial charge in [0, 0.05) is 23.7 Å². The smallest absolute Gasteiger partial charge is 0.133 e. The summed E-state index contributed by atoms with van der Waals surface area (Å²) in [7, 11) is 0. The Morgan fingerprint density at radius 3 is 2.44 bits per heavy atom. The van der Waals surface area contributed by atoms with Crippen LogP contribution < -0.4 is 5.73 Å². The molecule has 0 aromatic carbocycles. The van der Waals surface area contributed by atoms with Gasteiger partial charge < -0.3 is 5.73 Å². The van der Waals surface area contributed by atoms with E-state index in [1.54, 1.807) is 0 Å². The molecule has 0 amide bonds. The predicted molar refractivity (Wildman–Crippen MR) is 67.6 cm³/mol. The summed E-state index contributed by atoms with van der Waals surface area (Å²) in [4.78, 5) is 4.49. The van der Waals surface area contributed by atoms with E-state index >= 15 is 0 Å². The fourth-order valence-electron chi connectivity index (χ4n) is 2.43. The van der Waals surface area contributed by atoms with Crippen molar-refractivity contribution >= 4 is 11.6 Å². The summed E-state index contributed by atoms with van der Waals surface area (Å²) in [5, 5.41) is 0.587. The Morgan fingerprint density at radius 2 is 1.88 bits per heavy atom. The van der Waals surface area contributed by atoms with Crippen molar-refractivity contribution in [1.29, 1.82) is 0 Å². The van der Waals surface area contributed by atoms with Crippen molar-refractivity contribution in [2.45, 2.75) is 51.0 Å². The van der Waals surface area contributed by atoms with Gasteiger partial charge in [-0.3, -0.25) is 0 Å². The Kier molecular flexibility index (Phi) is 4.19. The van der Waals surface area contributed by atoms with Gasteiger partial charge in [0.05, 0.1) is 0 Å². The highest BCUT2D eigenvalue weighted by molar-refractivity contribution is 6.30. The van der Waals surface area contributed by atoms with Crippen molar-refractivity contribution in [1.82, 2.24) is 4.98 Å². The van der Waals surface area contributed by atoms with E-state index in [1.165, 1.54) is 38.5 Å². The number of hydrogen-bond acceptors (Lipinski definition) is 2. The molecule has 0 spiro atoms. The highest BCUT2D eigenvalue weighted by Crippen LogP contribution is 2.31. The van der Waals surface area contributed by atoms with E-state index in [-0.39, 0.29) is 0 Å². The molecule has 2 rings (SSSR count). The van der Waals surface area contributed by atoms with Gasteiger partial charge in [-0.1, -0.05) is 43.4 Å². The van der Waals surface area contributed by atoms with Crippen LogP contribution in [0, 0.1) is 0 Å². The second-order valence-corrected chi connectivity index (χ2v) is 4.94. The van der Waals surface area contributed by atoms with Crippen LogP contribution >= 0.6 is 11.6 Å². The van der Waals surface area contributed by atoms with Crippen molar-refractivity contribution < 1.29 is 0 Å². The third kappa shape index (κ3) is 2.74. The summed E-state index contributed by atoms with van der Waals surface area (Å²) < 4.78 is 0. The van der Waals surface area contributed by atoms with E-state index in [1.807, 2.05) is 6.07 Å². The fraction of sp³-hybridized carbons (Fsp3) is 0.615. The second-order valence-electron chi connectivity index (χ2n) is 4.58. The molecule has 0 bridgehead atoms. The number of aromatic nitrogens is 1. The molecular formula is C13H19ClN2. The third-order valence-electron chi connectivity index (χ3n) is 3.44. The van der Waals surface area contributed by atoms with Gasteiger partial charge >= 0.3 is 0 Å². The summed E-state index contributed by atoms with van der Waals surface area (Å²) in [5.41, 5.74) is 7.68. The minimum absolute atomic E-state index is 0.469. The van der Waals surface area contributed by atoms with Crippen LogP contribution in [0.4, 0.5) is 0 Å². The molecular weight excluding hydrogens is 220 g/mol. The van der Waals surface area contributed by atoms with E-state index in [0.717, 1.165) is 11.3 Å². The zero-order valence-corrected chi connectivity index (χ0v) is 10.3. The lowest BCUT2D eigenvalue weighted by Gasteiger charge is -2.14. The van der Waals surface area contributed by atoms with Crippen molar-refractivity contribution in [2.75, 3.05) is 0 Å². The standard InChI is InChI=1S/C13H19ClN2/c14-13-11(9-15)7-8-12(16-13)10-5-3-1-2-4-6-10/h7-8,10H,1-6,9,15H2. The molecule has 88 valence electrons. The molecule has 1 saturated carbocycles. The number of nitrogens with zero attached hydrogens (tertiary/aromatic N) is 1. The van der Waals surface area contributed by atoms with Crippen LogP contribution in [-0.2, 0) is 6.54 Å². The molecule has 2 N–H and O–H groups in total. The molecule has 0 atom stereocenters. The summed E-state index contributed by atoms with van der Waals surface area (Å²) in [5.74, 6) is 0.604. The van der Waals surface area contributed by atoms with Crippen molar-refractivity contribution in [2.24, 2.45) is 5.73 Å². The fourth-order valence-corrected chi connectivity index (χ4v) is 2.67. The quantitative estimate of drug-likeness (QED) is 0.631. The van der Waals surface area contributed by atoms with Crippen LogP contribution in [0.2, 0.25) is 5.15 Å². The first kappa shape index (κ1) is 11.9. The lowest BCUT2D eigenvalue weighted by molar-refractivity contribution is 0.577. The maximum atomic E-state index is 6.10. The number of pyridine rings is 1. The Balaban J connectivity index is 2.16. The van der Waals surface area contributed by atoms with Crippen molar-refractivity contribution in [3.8, 4) is 0 Å². The highest BCUT2D eigenvalue weighted by Gasteiger charge is 2.16. The van der Waals surface area contributed by atoms with Crippen LogP contribution in [0.1, 0.15) is 55.7 Å². The first-order valence-electron chi connectivity index (χ1n) is 6.16. The van der Waals surface area contributed by atoms with Gasteiger partial charge in [-0.2, -0.15) is 0 Å². The van der Waals surface area contributed by atoms with Crippen LogP contribution in [0.25, 0.3) is 0 Å². The van der Waals surface area contributed by atoms with E-state index in [0.29, 0.717) is 17.6 Å². The molecule has 1 aromatic heterocycles. The molecule has 0 saturated heterocycles. The largest absolute Gasteiger partial charge is 0.326 e. The summed E-state index contributed by atoms with van der Waals surface area (Å²) >= 11 is 6.10. The Bertz CT molecular complexity index is 344. The number of hydrogen-bond donors (Lipinski definition) is 1. The lowest BCUT2D eigenvalue weighted by Crippen LogP contribution is -2.04. The summed E-state index contributed by atoms with van der Waals surface area (Å²) in [6.45, 7) is 0.469. The van der Waals surface area contributed by atoms with Gasteiger partial charge in [-0.05, 0) is 18.9 Å². The van der Waals surface area contributed by atoms with Crippen LogP contribution in [0.3, 0.4) is 0 Å². The van der Waals surface area contributed by atoms with Crippen LogP contribution in [0.5, 0.6) is 0 Å². The van der Waals surface area contributed by atoms with E-state index in [9.17, 15) is 0 Å². The molecule has 1 aromatic rings. The molecule has 0 radical (unpaired) electrons. The van der Waals surface area contributed by atoms with Gasteiger partial charge in [0.1, 0.15) is 5.15 Å². The maximum absolute atomic E-state index is 6.10. The molecule has 1 aliphatic carbocycles. The molecule has 1 fully saturated rings. The summed E-state index contributed by atoms with van der Waals surface area (Å²) in [6, 6.07) is 4.12. The zero-order chi connectivity index (χ0) is 11.4. The second kappa shape index (κ2) is 5.65. The Labute approximate surface area is 102 Å². The average Bonchev–Trinajstić information content (AvgIpc) is 2.57. The van der Waals surface area contributed by atoms with Gasteiger partial charge in [0.15, 0.2) is 0 Å². The van der Waals surface area contributed by atoms with Crippen molar-refractivity contribution in [3.05, 3.63) is 28.5 Å². The van der Waals surface area contributed by atoms with Crippen LogP contribution in [-0.4, -0.2) is 4.98 Å². The minimum Gasteiger partial charge on any atom is -0.326 e. The van der Waals surface area contributed by atoms with Gasteiger partial charge in [0.25, 0.3) is 0 Å². The summed E-state index contributed by atoms with van der Waals surface area (Å²) in [6.07, 6.45) is 7.89. The Hall–Kier alpha value is -0.600. The topological polar surface area (TPSA) is 38.9 Å². The molecule has 16 heavy (non-hydrogen) atoms. The normalized spacial score (nSPS) is 18.4. The maximum Gasteiger partial charge on any atom is 0.133 e. The first-order valence-corrected chi connectivity index (χ1v) is 6.54. The number of rotatable bonds is 2. The zero-order valence-electron chi connectivity index (χ0n) is 9.58. The molecule has 2 nitrogen and oxygen atoms in total. The third-order valence-corrected chi connectivity index (χ3v) is 3.77. The lowest BCUT2D eigenvalue weighted by atomic mass is 9.96. The minimum atomic E-state index is 0.469. The van der Waals surface area contributed by atoms with Gasteiger partial charge in [-0.15, -0.1) is 0 Å². The van der Waals surface area contributed by atoms with E-state index in [4.69, 9.17) is 17.3 Å². The van der Waals surface area contributed by atoms with Crippen molar-refractivity contribution in [3.63, 3.8) is 0 Å². The molecule has 3 heteroatoms. The van der Waals surface area contributed by atoms with Crippen LogP contribution in [0.15, 0.2) is 12.1 Å². The number of halogens is 1. The van der Waals surface area contributed by atoms with Gasteiger partial charge in [-0.25, -0.2) is 4.98 Å². The molecule has 0 unspecified atom stereocenters. The molecule has 1 heterocycles.